The van der Waals surface area contributed by atoms with Crippen molar-refractivity contribution in [1.82, 2.24) is 25.0 Å². The molecule has 0 saturated carbocycles. The minimum atomic E-state index is 0.551. The maximum absolute atomic E-state index is 4.49. The second kappa shape index (κ2) is 7.06. The Labute approximate surface area is 131 Å². The highest BCUT2D eigenvalue weighted by molar-refractivity contribution is 5.83. The molecule has 3 aromatic rings. The lowest BCUT2D eigenvalue weighted by molar-refractivity contribution is 0.495. The Morgan fingerprint density at radius 2 is 2.00 bits per heavy atom. The average Bonchev–Trinajstić information content (AvgIpc) is 3.15. The summed E-state index contributed by atoms with van der Waals surface area (Å²) >= 11 is 0. The lowest BCUT2D eigenvalue weighted by Crippen LogP contribution is -2.05. The maximum atomic E-state index is 4.49. The molecule has 22 heavy (non-hydrogen) atoms. The number of rotatable bonds is 4. The number of anilines is 1. The predicted molar refractivity (Wildman–Crippen MR) is 90.8 cm³/mol. The van der Waals surface area contributed by atoms with Gasteiger partial charge in [-0.05, 0) is 12.0 Å². The zero-order chi connectivity index (χ0) is 16.1. The molecule has 118 valence electrons. The monoisotopic (exact) mass is 300 g/mol. The predicted octanol–water partition coefficient (Wildman–Crippen LogP) is 3.55. The van der Waals surface area contributed by atoms with Gasteiger partial charge in [-0.2, -0.15) is 10.2 Å². The molecule has 0 fully saturated rings. The summed E-state index contributed by atoms with van der Waals surface area (Å²) in [5.74, 6) is 0.551. The lowest BCUT2D eigenvalue weighted by atomic mass is 10.2. The second-order valence-electron chi connectivity index (χ2n) is 5.26. The van der Waals surface area contributed by atoms with Crippen LogP contribution in [0.15, 0.2) is 24.7 Å². The number of H-pyrrole nitrogens is 1. The Morgan fingerprint density at radius 1 is 1.23 bits per heavy atom. The molecule has 3 rings (SSSR count). The summed E-state index contributed by atoms with van der Waals surface area (Å²) in [6.07, 6.45) is 5.47. The van der Waals surface area contributed by atoms with Gasteiger partial charge in [0.2, 0.25) is 0 Å². The number of pyridine rings is 1. The average molecular weight is 300 g/mol. The molecule has 0 saturated heterocycles. The summed E-state index contributed by atoms with van der Waals surface area (Å²) in [6.45, 7) is 9.27. The molecule has 0 amide bonds. The first-order valence-corrected chi connectivity index (χ1v) is 7.72. The summed E-state index contributed by atoms with van der Waals surface area (Å²) < 4.78 is 2.03. The molecule has 0 aliphatic rings. The van der Waals surface area contributed by atoms with Gasteiger partial charge in [0.15, 0.2) is 0 Å². The van der Waals surface area contributed by atoms with Gasteiger partial charge in [0.1, 0.15) is 5.69 Å². The summed E-state index contributed by atoms with van der Waals surface area (Å²) in [7, 11) is 1.87. The number of hydrogen-bond donors (Lipinski definition) is 2. The highest BCUT2D eigenvalue weighted by Gasteiger charge is 2.11. The molecule has 2 N–H and O–H groups in total. The molecule has 0 bridgehead atoms. The van der Waals surface area contributed by atoms with Crippen molar-refractivity contribution in [3.05, 3.63) is 24.7 Å². The second-order valence-corrected chi connectivity index (χ2v) is 5.26. The van der Waals surface area contributed by atoms with Crippen molar-refractivity contribution in [2.45, 2.75) is 34.2 Å². The van der Waals surface area contributed by atoms with Crippen LogP contribution in [0.3, 0.4) is 0 Å². The summed E-state index contributed by atoms with van der Waals surface area (Å²) in [5, 5.41) is 15.6. The van der Waals surface area contributed by atoms with Crippen molar-refractivity contribution in [3.63, 3.8) is 0 Å². The fraction of sp³-hybridized carbons (Fsp3) is 0.438. The van der Waals surface area contributed by atoms with E-state index < -0.39 is 0 Å². The maximum Gasteiger partial charge on any atom is 0.107 e. The molecular weight excluding hydrogens is 276 g/mol. The van der Waals surface area contributed by atoms with Crippen LogP contribution in [-0.4, -0.2) is 32.0 Å². The van der Waals surface area contributed by atoms with E-state index in [1.54, 1.807) is 6.20 Å². The number of nitrogens with zero attached hydrogens (tertiary/aromatic N) is 4. The zero-order valence-electron chi connectivity index (χ0n) is 13.9. The van der Waals surface area contributed by atoms with E-state index in [-0.39, 0.29) is 0 Å². The van der Waals surface area contributed by atoms with Crippen LogP contribution in [0.25, 0.3) is 22.3 Å². The molecule has 0 radical (unpaired) electrons. The van der Waals surface area contributed by atoms with E-state index in [4.69, 9.17) is 0 Å². The molecule has 0 spiro atoms. The van der Waals surface area contributed by atoms with Crippen molar-refractivity contribution in [3.8, 4) is 11.4 Å². The number of nitrogens with one attached hydrogen (secondary N) is 2. The zero-order valence-corrected chi connectivity index (χ0v) is 13.9. The molecule has 0 atom stereocenters. The van der Waals surface area contributed by atoms with Gasteiger partial charge in [-0.15, -0.1) is 0 Å². The largest absolute Gasteiger partial charge is 0.385 e. The quantitative estimate of drug-likeness (QED) is 0.773. The van der Waals surface area contributed by atoms with Crippen LogP contribution in [0.5, 0.6) is 0 Å². The number of aromatic amines is 1. The Hall–Kier alpha value is -2.37. The van der Waals surface area contributed by atoms with Gasteiger partial charge in [0.05, 0.1) is 29.3 Å². The smallest absolute Gasteiger partial charge is 0.107 e. The van der Waals surface area contributed by atoms with Crippen molar-refractivity contribution in [2.24, 2.45) is 5.92 Å². The number of fused-ring (bicyclic) bond motifs is 1. The van der Waals surface area contributed by atoms with Crippen LogP contribution in [-0.2, 0) is 6.54 Å². The third-order valence-corrected chi connectivity index (χ3v) is 3.23. The van der Waals surface area contributed by atoms with Gasteiger partial charge in [-0.1, -0.05) is 27.7 Å². The van der Waals surface area contributed by atoms with E-state index in [1.807, 2.05) is 38.0 Å². The lowest BCUT2D eigenvalue weighted by Gasteiger charge is -2.07. The SMILES string of the molecule is CC.CNc1cn[nH]c1-c1cc2c(cn1)cnn2CC(C)C. The fourth-order valence-electron chi connectivity index (χ4n) is 2.27. The summed E-state index contributed by atoms with van der Waals surface area (Å²) in [4.78, 5) is 4.49. The Kier molecular flexibility index (Phi) is 5.14. The first-order valence-electron chi connectivity index (χ1n) is 7.72. The Morgan fingerprint density at radius 3 is 2.68 bits per heavy atom. The fourth-order valence-corrected chi connectivity index (χ4v) is 2.27. The molecule has 3 aromatic heterocycles. The molecule has 0 aliphatic carbocycles. The van der Waals surface area contributed by atoms with Crippen LogP contribution in [0.4, 0.5) is 5.69 Å². The van der Waals surface area contributed by atoms with E-state index >= 15 is 0 Å². The van der Waals surface area contributed by atoms with Gasteiger partial charge >= 0.3 is 0 Å². The van der Waals surface area contributed by atoms with E-state index in [9.17, 15) is 0 Å². The van der Waals surface area contributed by atoms with Crippen LogP contribution < -0.4 is 5.32 Å². The van der Waals surface area contributed by atoms with E-state index in [0.717, 1.165) is 34.5 Å². The van der Waals surface area contributed by atoms with Gasteiger partial charge in [-0.3, -0.25) is 14.8 Å². The standard InChI is InChI=1S/C14H18N6.C2H6/c1-9(2)8-20-13-4-11(16-5-10(13)6-18-20)14-12(15-3)7-17-19-14;1-2/h4-7,9,15H,8H2,1-3H3,(H,17,19);1-2H3. The molecule has 6 nitrogen and oxygen atoms in total. The van der Waals surface area contributed by atoms with E-state index in [1.165, 1.54) is 0 Å². The van der Waals surface area contributed by atoms with Gasteiger partial charge < -0.3 is 5.32 Å². The number of aromatic nitrogens is 5. The van der Waals surface area contributed by atoms with Crippen LogP contribution in [0.2, 0.25) is 0 Å². The van der Waals surface area contributed by atoms with Gasteiger partial charge in [0, 0.05) is 25.2 Å². The minimum absolute atomic E-state index is 0.551. The normalized spacial score (nSPS) is 10.6. The van der Waals surface area contributed by atoms with Crippen LogP contribution >= 0.6 is 0 Å². The van der Waals surface area contributed by atoms with Crippen molar-refractivity contribution < 1.29 is 0 Å². The van der Waals surface area contributed by atoms with E-state index in [0.29, 0.717) is 5.92 Å². The third kappa shape index (κ3) is 3.10. The third-order valence-electron chi connectivity index (χ3n) is 3.23. The first-order chi connectivity index (χ1) is 10.7. The topological polar surface area (TPSA) is 71.4 Å². The minimum Gasteiger partial charge on any atom is -0.385 e. The van der Waals surface area contributed by atoms with Crippen molar-refractivity contribution >= 4 is 16.6 Å². The van der Waals surface area contributed by atoms with Gasteiger partial charge in [-0.25, -0.2) is 0 Å². The molecule has 3 heterocycles. The van der Waals surface area contributed by atoms with Crippen molar-refractivity contribution in [2.75, 3.05) is 12.4 Å². The summed E-state index contributed by atoms with van der Waals surface area (Å²) in [6, 6.07) is 2.05. The van der Waals surface area contributed by atoms with Crippen LogP contribution in [0, 0.1) is 5.92 Å². The Bertz CT molecular complexity index is 725. The molecular formula is C16H24N6. The molecule has 6 heteroatoms. The van der Waals surface area contributed by atoms with Crippen LogP contribution in [0.1, 0.15) is 27.7 Å². The highest BCUT2D eigenvalue weighted by Crippen LogP contribution is 2.26. The molecule has 0 aliphatic heterocycles. The van der Waals surface area contributed by atoms with E-state index in [2.05, 4.69) is 45.5 Å². The molecule has 0 unspecified atom stereocenters. The molecule has 0 aromatic carbocycles. The number of hydrogen-bond acceptors (Lipinski definition) is 4. The van der Waals surface area contributed by atoms with Gasteiger partial charge in [0.25, 0.3) is 0 Å². The van der Waals surface area contributed by atoms with Crippen molar-refractivity contribution in [1.29, 1.82) is 0 Å². The summed E-state index contributed by atoms with van der Waals surface area (Å²) in [5.41, 5.74) is 3.80. The first kappa shape index (κ1) is 16.0. The Balaban J connectivity index is 0.000000847. The highest BCUT2D eigenvalue weighted by atomic mass is 15.3.